The van der Waals surface area contributed by atoms with E-state index < -0.39 is 12.7 Å². The van der Waals surface area contributed by atoms with Crippen molar-refractivity contribution < 1.29 is 22.7 Å². The molecule has 0 bridgehead atoms. The van der Waals surface area contributed by atoms with Gasteiger partial charge in [0.25, 0.3) is 0 Å². The topological polar surface area (TPSA) is 34.5 Å². The van der Waals surface area contributed by atoms with Crippen molar-refractivity contribution >= 4 is 5.78 Å². The fourth-order valence-corrected chi connectivity index (χ4v) is 3.04. The van der Waals surface area contributed by atoms with Crippen molar-refractivity contribution in [3.05, 3.63) is 23.0 Å². The minimum atomic E-state index is -4.30. The van der Waals surface area contributed by atoms with Crippen molar-refractivity contribution in [3.8, 4) is 0 Å². The van der Waals surface area contributed by atoms with Crippen LogP contribution in [0.25, 0.3) is 0 Å². The Hall–Kier alpha value is -1.34. The second-order valence-electron chi connectivity index (χ2n) is 6.73. The number of aromatic nitrogens is 1. The molecule has 0 saturated carbocycles. The second-order valence-corrected chi connectivity index (χ2v) is 6.73. The molecular weight excluding hydrogens is 309 g/mol. The van der Waals surface area contributed by atoms with E-state index in [4.69, 9.17) is 4.74 Å². The van der Waals surface area contributed by atoms with Gasteiger partial charge in [-0.15, -0.1) is 0 Å². The molecule has 1 aliphatic rings. The number of carbonyl (C=O) groups is 1. The molecule has 7 heteroatoms. The van der Waals surface area contributed by atoms with Crippen molar-refractivity contribution in [1.29, 1.82) is 0 Å². The van der Waals surface area contributed by atoms with E-state index in [-0.39, 0.29) is 17.9 Å². The molecule has 1 saturated heterocycles. The van der Waals surface area contributed by atoms with Gasteiger partial charge in [0.1, 0.15) is 6.54 Å². The van der Waals surface area contributed by atoms with Gasteiger partial charge in [0, 0.05) is 30.0 Å². The number of nitrogens with zero attached hydrogens (tertiary/aromatic N) is 2. The van der Waals surface area contributed by atoms with Gasteiger partial charge in [-0.3, -0.25) is 9.69 Å². The van der Waals surface area contributed by atoms with Crippen LogP contribution in [0.3, 0.4) is 0 Å². The maximum absolute atomic E-state index is 12.6. The van der Waals surface area contributed by atoms with Crippen LogP contribution in [0.1, 0.15) is 35.6 Å². The Balaban J connectivity index is 2.12. The molecule has 130 valence electrons. The van der Waals surface area contributed by atoms with Crippen LogP contribution in [-0.2, 0) is 11.3 Å². The minimum Gasteiger partial charge on any atom is -0.373 e. The first-order valence-electron chi connectivity index (χ1n) is 7.61. The van der Waals surface area contributed by atoms with E-state index in [0.29, 0.717) is 36.6 Å². The third-order valence-corrected chi connectivity index (χ3v) is 4.08. The van der Waals surface area contributed by atoms with Crippen LogP contribution in [0.4, 0.5) is 13.2 Å². The first-order valence-corrected chi connectivity index (χ1v) is 7.61. The van der Waals surface area contributed by atoms with Crippen LogP contribution in [0.15, 0.2) is 6.07 Å². The number of hydrogen-bond donors (Lipinski definition) is 0. The van der Waals surface area contributed by atoms with Gasteiger partial charge in [-0.25, -0.2) is 0 Å². The summed E-state index contributed by atoms with van der Waals surface area (Å²) in [5.41, 5.74) is 0.880. The number of alkyl halides is 3. The van der Waals surface area contributed by atoms with E-state index in [1.807, 2.05) is 18.7 Å². The molecule has 0 atom stereocenters. The summed E-state index contributed by atoms with van der Waals surface area (Å²) in [6.45, 7) is 8.02. The van der Waals surface area contributed by atoms with Gasteiger partial charge in [0.15, 0.2) is 5.78 Å². The summed E-state index contributed by atoms with van der Waals surface area (Å²) in [5, 5.41) is 0. The Morgan fingerprint density at radius 2 is 2.00 bits per heavy atom. The summed E-state index contributed by atoms with van der Waals surface area (Å²) >= 11 is 0. The van der Waals surface area contributed by atoms with Crippen LogP contribution in [-0.4, -0.2) is 53.3 Å². The average Bonchev–Trinajstić information content (AvgIpc) is 2.64. The molecular formula is C16H23F3N2O2. The largest absolute Gasteiger partial charge is 0.406 e. The smallest absolute Gasteiger partial charge is 0.373 e. The fraction of sp³-hybridized carbons (Fsp3) is 0.688. The Bertz CT molecular complexity index is 591. The number of ether oxygens (including phenoxy) is 1. The lowest BCUT2D eigenvalue weighted by Gasteiger charge is -2.37. The molecule has 1 aliphatic heterocycles. The van der Waals surface area contributed by atoms with E-state index in [1.54, 1.807) is 19.9 Å². The lowest BCUT2D eigenvalue weighted by atomic mass is 10.1. The minimum absolute atomic E-state index is 0.149. The summed E-state index contributed by atoms with van der Waals surface area (Å²) in [7, 11) is 0. The third kappa shape index (κ3) is 4.57. The standard InChI is InChI=1S/C16H23F3N2O2/c1-11-7-13(12(2)21(11)10-16(17,18)19)14(22)8-20-5-6-23-15(3,4)9-20/h7H,5-6,8-10H2,1-4H3. The van der Waals surface area contributed by atoms with Crippen LogP contribution < -0.4 is 0 Å². The van der Waals surface area contributed by atoms with E-state index in [9.17, 15) is 18.0 Å². The van der Waals surface area contributed by atoms with Gasteiger partial charge >= 0.3 is 6.18 Å². The highest BCUT2D eigenvalue weighted by atomic mass is 19.4. The number of carbonyl (C=O) groups excluding carboxylic acids is 1. The number of hydrogen-bond acceptors (Lipinski definition) is 3. The molecule has 0 unspecified atom stereocenters. The zero-order valence-electron chi connectivity index (χ0n) is 14.0. The molecule has 23 heavy (non-hydrogen) atoms. The van der Waals surface area contributed by atoms with Gasteiger partial charge < -0.3 is 9.30 Å². The molecule has 1 aromatic rings. The molecule has 0 aromatic carbocycles. The molecule has 4 nitrogen and oxygen atoms in total. The number of rotatable bonds is 4. The molecule has 1 fully saturated rings. The third-order valence-electron chi connectivity index (χ3n) is 4.08. The first kappa shape index (κ1) is 18.0. The molecule has 0 radical (unpaired) electrons. The van der Waals surface area contributed by atoms with Crippen molar-refractivity contribution in [2.75, 3.05) is 26.2 Å². The number of Topliss-reactive ketones (excluding diaryl/α,β-unsaturated/α-hetero) is 1. The predicted molar refractivity (Wildman–Crippen MR) is 80.8 cm³/mol. The lowest BCUT2D eigenvalue weighted by molar-refractivity contribution is -0.141. The molecule has 2 rings (SSSR count). The summed E-state index contributed by atoms with van der Waals surface area (Å²) in [5.74, 6) is -0.149. The monoisotopic (exact) mass is 332 g/mol. The zero-order chi connectivity index (χ0) is 17.4. The highest BCUT2D eigenvalue weighted by molar-refractivity contribution is 5.99. The lowest BCUT2D eigenvalue weighted by Crippen LogP contribution is -2.49. The molecule has 0 N–H and O–H groups in total. The Morgan fingerprint density at radius 1 is 1.35 bits per heavy atom. The number of aryl methyl sites for hydroxylation is 1. The summed E-state index contributed by atoms with van der Waals surface area (Å²) in [6, 6.07) is 1.55. The first-order chi connectivity index (χ1) is 10.5. The van der Waals surface area contributed by atoms with Crippen molar-refractivity contribution in [2.45, 2.75) is 46.0 Å². The van der Waals surface area contributed by atoms with Crippen LogP contribution in [0.2, 0.25) is 0 Å². The maximum Gasteiger partial charge on any atom is 0.406 e. The van der Waals surface area contributed by atoms with Gasteiger partial charge in [-0.05, 0) is 33.8 Å². The van der Waals surface area contributed by atoms with E-state index >= 15 is 0 Å². The zero-order valence-corrected chi connectivity index (χ0v) is 14.0. The number of morpholine rings is 1. The highest BCUT2D eigenvalue weighted by Crippen LogP contribution is 2.24. The van der Waals surface area contributed by atoms with Crippen LogP contribution in [0, 0.1) is 13.8 Å². The molecule has 1 aromatic heterocycles. The van der Waals surface area contributed by atoms with Crippen LogP contribution in [0.5, 0.6) is 0 Å². The SMILES string of the molecule is Cc1cc(C(=O)CN2CCOC(C)(C)C2)c(C)n1CC(F)(F)F. The Morgan fingerprint density at radius 3 is 2.57 bits per heavy atom. The van der Waals surface area contributed by atoms with Gasteiger partial charge in [-0.1, -0.05) is 0 Å². The predicted octanol–water partition coefficient (Wildman–Crippen LogP) is 2.96. The van der Waals surface area contributed by atoms with Gasteiger partial charge in [-0.2, -0.15) is 13.2 Å². The van der Waals surface area contributed by atoms with Gasteiger partial charge in [0.05, 0.1) is 18.8 Å². The molecule has 0 amide bonds. The van der Waals surface area contributed by atoms with Crippen LogP contribution >= 0.6 is 0 Å². The Labute approximate surface area is 134 Å². The quantitative estimate of drug-likeness (QED) is 0.795. The van der Waals surface area contributed by atoms with E-state index in [2.05, 4.69) is 0 Å². The highest BCUT2D eigenvalue weighted by Gasteiger charge is 2.31. The maximum atomic E-state index is 12.6. The average molecular weight is 332 g/mol. The molecule has 0 spiro atoms. The van der Waals surface area contributed by atoms with E-state index in [0.717, 1.165) is 4.57 Å². The fourth-order valence-electron chi connectivity index (χ4n) is 3.04. The summed E-state index contributed by atoms with van der Waals surface area (Å²) in [6.07, 6.45) is -4.30. The second kappa shape index (κ2) is 6.28. The van der Waals surface area contributed by atoms with Crippen molar-refractivity contribution in [3.63, 3.8) is 0 Å². The summed E-state index contributed by atoms with van der Waals surface area (Å²) < 4.78 is 44.7. The number of ketones is 1. The van der Waals surface area contributed by atoms with Gasteiger partial charge in [0.2, 0.25) is 0 Å². The number of halogens is 3. The Kier molecular flexibility index (Phi) is 4.92. The van der Waals surface area contributed by atoms with E-state index in [1.165, 1.54) is 0 Å². The normalized spacial score (nSPS) is 19.1. The van der Waals surface area contributed by atoms with Crippen molar-refractivity contribution in [2.24, 2.45) is 0 Å². The summed E-state index contributed by atoms with van der Waals surface area (Å²) in [4.78, 5) is 14.5. The molecule has 0 aliphatic carbocycles. The molecule has 2 heterocycles. The van der Waals surface area contributed by atoms with Crippen molar-refractivity contribution in [1.82, 2.24) is 9.47 Å².